The summed E-state index contributed by atoms with van der Waals surface area (Å²) in [6.07, 6.45) is 2.23. The number of carboxylic acid groups (broad SMARTS) is 1. The molecule has 1 heterocycles. The topological polar surface area (TPSA) is 138 Å². The predicted molar refractivity (Wildman–Crippen MR) is 173 cm³/mol. The molecule has 0 aliphatic heterocycles. The third kappa shape index (κ3) is 8.18. The lowest BCUT2D eigenvalue weighted by molar-refractivity contribution is -0.135. The standard InChI is InChI=1S/C35H36N4O6/c1-4-29(33(42)37-31(23(2)35(44)45)30(40)22-38(3)20-18-24-11-6-5-7-12-24)39-19-10-15-28(34(39)43)36-32(41)27-17-16-25-13-8-9-14-26(25)21-27/h5-17,19,21,29,31H,2,4,18,20,22H2,1,3H3,(H,36,41)(H,37,42)(H,44,45)/t29?,31-/m0/s1. The number of carbonyl (C=O) groups excluding carboxylic acids is 3. The van der Waals surface area contributed by atoms with Crippen LogP contribution in [0, 0.1) is 0 Å². The van der Waals surface area contributed by atoms with Crippen molar-refractivity contribution in [3.63, 3.8) is 0 Å². The maximum absolute atomic E-state index is 13.5. The SMILES string of the molecule is C=C(C(=O)O)[C@H](NC(=O)C(CC)n1cccc(NC(=O)c2ccc3ccccc3c2)c1=O)C(=O)CN(C)CCc1ccccc1. The molecule has 0 spiro atoms. The predicted octanol–water partition coefficient (Wildman–Crippen LogP) is 4.07. The maximum atomic E-state index is 13.5. The minimum absolute atomic E-state index is 0.0375. The van der Waals surface area contributed by atoms with Crippen LogP contribution in [0.5, 0.6) is 0 Å². The van der Waals surface area contributed by atoms with Crippen molar-refractivity contribution in [3.8, 4) is 0 Å². The summed E-state index contributed by atoms with van der Waals surface area (Å²) < 4.78 is 1.16. The number of nitrogens with one attached hydrogen (secondary N) is 2. The van der Waals surface area contributed by atoms with Crippen LogP contribution in [0.2, 0.25) is 0 Å². The number of ketones is 1. The molecule has 0 saturated carbocycles. The number of nitrogens with zero attached hydrogens (tertiary/aromatic N) is 2. The normalized spacial score (nSPS) is 12.3. The molecule has 0 saturated heterocycles. The average Bonchev–Trinajstić information content (AvgIpc) is 3.04. The molecule has 10 heteroatoms. The minimum Gasteiger partial charge on any atom is -0.478 e. The van der Waals surface area contributed by atoms with Gasteiger partial charge in [-0.2, -0.15) is 0 Å². The van der Waals surface area contributed by atoms with Crippen LogP contribution in [-0.2, 0) is 20.8 Å². The van der Waals surface area contributed by atoms with E-state index in [1.54, 1.807) is 31.0 Å². The second-order valence-electron chi connectivity index (χ2n) is 10.8. The molecule has 10 nitrogen and oxygen atoms in total. The Morgan fingerprint density at radius 2 is 1.62 bits per heavy atom. The van der Waals surface area contributed by atoms with Gasteiger partial charge in [0.05, 0.1) is 12.1 Å². The number of likely N-dealkylation sites (N-methyl/N-ethyl adjacent to an activating group) is 1. The number of Topliss-reactive ketones (excluding diaryl/α,β-unsaturated/α-hetero) is 1. The van der Waals surface area contributed by atoms with Gasteiger partial charge in [0.25, 0.3) is 11.5 Å². The van der Waals surface area contributed by atoms with Gasteiger partial charge in [0.2, 0.25) is 5.91 Å². The van der Waals surface area contributed by atoms with Gasteiger partial charge in [-0.25, -0.2) is 4.79 Å². The van der Waals surface area contributed by atoms with Gasteiger partial charge in [-0.3, -0.25) is 24.1 Å². The van der Waals surface area contributed by atoms with Crippen molar-refractivity contribution in [2.75, 3.05) is 25.5 Å². The zero-order valence-electron chi connectivity index (χ0n) is 25.2. The van der Waals surface area contributed by atoms with Gasteiger partial charge in [0.1, 0.15) is 17.8 Å². The van der Waals surface area contributed by atoms with Crippen LogP contribution in [0.15, 0.2) is 108 Å². The van der Waals surface area contributed by atoms with Gasteiger partial charge in [-0.05, 0) is 60.5 Å². The monoisotopic (exact) mass is 608 g/mol. The number of aromatic nitrogens is 1. The largest absolute Gasteiger partial charge is 0.478 e. The van der Waals surface area contributed by atoms with Crippen LogP contribution in [0.1, 0.15) is 35.3 Å². The molecular weight excluding hydrogens is 572 g/mol. The molecular formula is C35H36N4O6. The molecule has 4 aromatic rings. The highest BCUT2D eigenvalue weighted by Gasteiger charge is 2.31. The number of fused-ring (bicyclic) bond motifs is 1. The molecule has 4 rings (SSSR count). The van der Waals surface area contributed by atoms with Crippen molar-refractivity contribution in [1.82, 2.24) is 14.8 Å². The van der Waals surface area contributed by atoms with Crippen molar-refractivity contribution in [1.29, 1.82) is 0 Å². The van der Waals surface area contributed by atoms with Gasteiger partial charge in [-0.1, -0.05) is 74.2 Å². The van der Waals surface area contributed by atoms with Crippen LogP contribution < -0.4 is 16.2 Å². The summed E-state index contributed by atoms with van der Waals surface area (Å²) in [4.78, 5) is 66.8. The van der Waals surface area contributed by atoms with Gasteiger partial charge in [0, 0.05) is 18.3 Å². The first-order valence-corrected chi connectivity index (χ1v) is 14.6. The molecule has 3 aromatic carbocycles. The summed E-state index contributed by atoms with van der Waals surface area (Å²) >= 11 is 0. The number of hydrogen-bond acceptors (Lipinski definition) is 6. The number of amides is 2. The van der Waals surface area contributed by atoms with Crippen molar-refractivity contribution < 1.29 is 24.3 Å². The lowest BCUT2D eigenvalue weighted by Gasteiger charge is -2.25. The van der Waals surface area contributed by atoms with Crippen molar-refractivity contribution >= 4 is 40.0 Å². The maximum Gasteiger partial charge on any atom is 0.333 e. The van der Waals surface area contributed by atoms with Crippen LogP contribution in [0.4, 0.5) is 5.69 Å². The lowest BCUT2D eigenvalue weighted by atomic mass is 10.0. The Morgan fingerprint density at radius 1 is 0.933 bits per heavy atom. The van der Waals surface area contributed by atoms with Crippen molar-refractivity contribution in [3.05, 3.63) is 125 Å². The Kier molecular flexibility index (Phi) is 10.8. The van der Waals surface area contributed by atoms with Crippen LogP contribution in [0.25, 0.3) is 10.8 Å². The van der Waals surface area contributed by atoms with E-state index >= 15 is 0 Å². The molecule has 45 heavy (non-hydrogen) atoms. The van der Waals surface area contributed by atoms with E-state index in [4.69, 9.17) is 0 Å². The first-order valence-electron chi connectivity index (χ1n) is 14.6. The zero-order valence-corrected chi connectivity index (χ0v) is 25.2. The quantitative estimate of drug-likeness (QED) is 0.184. The van der Waals surface area contributed by atoms with Gasteiger partial charge >= 0.3 is 5.97 Å². The first kappa shape index (κ1) is 32.6. The molecule has 0 aliphatic rings. The summed E-state index contributed by atoms with van der Waals surface area (Å²) in [5.41, 5.74) is 0.293. The van der Waals surface area contributed by atoms with E-state index in [9.17, 15) is 29.1 Å². The summed E-state index contributed by atoms with van der Waals surface area (Å²) in [5, 5.41) is 16.6. The highest BCUT2D eigenvalue weighted by Crippen LogP contribution is 2.18. The molecule has 232 valence electrons. The summed E-state index contributed by atoms with van der Waals surface area (Å²) in [6, 6.07) is 22.8. The van der Waals surface area contributed by atoms with E-state index < -0.39 is 46.8 Å². The number of benzene rings is 3. The minimum atomic E-state index is -1.50. The number of hydrogen-bond donors (Lipinski definition) is 3. The summed E-state index contributed by atoms with van der Waals surface area (Å²) in [6.45, 7) is 5.61. The molecule has 2 atom stereocenters. The Balaban J connectivity index is 1.48. The molecule has 1 unspecified atom stereocenters. The molecule has 0 fully saturated rings. The highest BCUT2D eigenvalue weighted by molar-refractivity contribution is 6.06. The van der Waals surface area contributed by atoms with E-state index in [-0.39, 0.29) is 18.7 Å². The number of aliphatic carboxylic acids is 1. The van der Waals surface area contributed by atoms with E-state index in [1.165, 1.54) is 18.3 Å². The molecule has 0 bridgehead atoms. The molecule has 0 aliphatic carbocycles. The van der Waals surface area contributed by atoms with Crippen LogP contribution in [-0.4, -0.2) is 64.3 Å². The molecule has 0 radical (unpaired) electrons. The molecule has 2 amide bonds. The number of anilines is 1. The number of pyridine rings is 1. The van der Waals surface area contributed by atoms with Crippen LogP contribution in [0.3, 0.4) is 0 Å². The molecule has 1 aromatic heterocycles. The van der Waals surface area contributed by atoms with Crippen molar-refractivity contribution in [2.24, 2.45) is 0 Å². The van der Waals surface area contributed by atoms with Gasteiger partial charge in [0.15, 0.2) is 5.78 Å². The fourth-order valence-electron chi connectivity index (χ4n) is 5.01. The second kappa shape index (κ2) is 14.9. The fraction of sp³-hybridized carbons (Fsp3) is 0.229. The Bertz CT molecular complexity index is 1780. The Labute approximate surface area is 261 Å². The van der Waals surface area contributed by atoms with E-state index in [0.29, 0.717) is 18.5 Å². The average molecular weight is 609 g/mol. The highest BCUT2D eigenvalue weighted by atomic mass is 16.4. The second-order valence-corrected chi connectivity index (χ2v) is 10.8. The summed E-state index contributed by atoms with van der Waals surface area (Å²) in [5.74, 6) is -3.20. The Hall–Kier alpha value is -5.35. The fourth-order valence-corrected chi connectivity index (χ4v) is 5.01. The third-order valence-electron chi connectivity index (χ3n) is 7.54. The zero-order chi connectivity index (χ0) is 32.5. The smallest absolute Gasteiger partial charge is 0.333 e. The van der Waals surface area contributed by atoms with E-state index in [1.807, 2.05) is 60.7 Å². The third-order valence-corrected chi connectivity index (χ3v) is 7.54. The van der Waals surface area contributed by atoms with E-state index in [0.717, 1.165) is 20.9 Å². The number of rotatable bonds is 14. The van der Waals surface area contributed by atoms with E-state index in [2.05, 4.69) is 17.2 Å². The van der Waals surface area contributed by atoms with Crippen LogP contribution >= 0.6 is 0 Å². The van der Waals surface area contributed by atoms with Gasteiger partial charge < -0.3 is 20.3 Å². The summed E-state index contributed by atoms with van der Waals surface area (Å²) in [7, 11) is 1.73. The number of carboxylic acids is 1. The first-order chi connectivity index (χ1) is 21.6. The molecule has 3 N–H and O–H groups in total. The lowest BCUT2D eigenvalue weighted by Crippen LogP contribution is -2.50. The van der Waals surface area contributed by atoms with Crippen molar-refractivity contribution in [2.45, 2.75) is 31.8 Å². The van der Waals surface area contributed by atoms with Gasteiger partial charge in [-0.15, -0.1) is 0 Å². The number of carbonyl (C=O) groups is 4. The Morgan fingerprint density at radius 3 is 2.31 bits per heavy atom.